The van der Waals surface area contributed by atoms with E-state index < -0.39 is 18.0 Å². The summed E-state index contributed by atoms with van der Waals surface area (Å²) < 4.78 is 5.15. The van der Waals surface area contributed by atoms with Crippen LogP contribution in [0.15, 0.2) is 24.3 Å². The molecule has 2 aliphatic rings. The van der Waals surface area contributed by atoms with Crippen molar-refractivity contribution in [2.24, 2.45) is 11.8 Å². The van der Waals surface area contributed by atoms with E-state index in [1.165, 1.54) is 13.8 Å². The Morgan fingerprint density at radius 2 is 1.70 bits per heavy atom. The normalized spacial score (nSPS) is 21.7. The molecule has 0 unspecified atom stereocenters. The van der Waals surface area contributed by atoms with Gasteiger partial charge in [0.1, 0.15) is 0 Å². The highest BCUT2D eigenvalue weighted by atomic mass is 16.5. The predicted molar refractivity (Wildman–Crippen MR) is 107 cm³/mol. The van der Waals surface area contributed by atoms with Crippen LogP contribution in [0.5, 0.6) is 0 Å². The van der Waals surface area contributed by atoms with Crippen molar-refractivity contribution in [3.05, 3.63) is 29.8 Å². The summed E-state index contributed by atoms with van der Waals surface area (Å²) in [6.45, 7) is 2.78. The van der Waals surface area contributed by atoms with Crippen molar-refractivity contribution in [1.82, 2.24) is 4.90 Å². The second-order valence-electron chi connectivity index (χ2n) is 7.80. The topological polar surface area (TPSA) is 110 Å². The van der Waals surface area contributed by atoms with Crippen molar-refractivity contribution >= 4 is 35.2 Å². The zero-order valence-corrected chi connectivity index (χ0v) is 17.2. The number of hydrogen-bond donors (Lipinski definition) is 1. The molecule has 160 valence electrons. The molecule has 1 aliphatic carbocycles. The summed E-state index contributed by atoms with van der Waals surface area (Å²) in [5.41, 5.74) is 0.700. The van der Waals surface area contributed by atoms with Crippen LogP contribution in [0.3, 0.4) is 0 Å². The summed E-state index contributed by atoms with van der Waals surface area (Å²) in [6.07, 6.45) is 2.05. The van der Waals surface area contributed by atoms with Gasteiger partial charge in [-0.3, -0.25) is 28.9 Å². The third-order valence-corrected chi connectivity index (χ3v) is 5.71. The number of fused-ring (bicyclic) bond motifs is 1. The molecule has 1 aromatic rings. The molecule has 3 atom stereocenters. The molecule has 1 saturated heterocycles. The molecule has 0 radical (unpaired) electrons. The Kier molecular flexibility index (Phi) is 6.64. The highest BCUT2D eigenvalue weighted by molar-refractivity contribution is 6.06. The monoisotopic (exact) mass is 414 g/mol. The molecule has 1 saturated carbocycles. The molecule has 3 rings (SSSR count). The number of ketones is 1. The Balaban J connectivity index is 1.51. The fourth-order valence-corrected chi connectivity index (χ4v) is 4.10. The fraction of sp³-hybridized carbons (Fsp3) is 0.500. The lowest BCUT2D eigenvalue weighted by Gasteiger charge is -2.19. The number of nitrogens with zero attached hydrogens (tertiary/aromatic N) is 1. The Labute approximate surface area is 174 Å². The van der Waals surface area contributed by atoms with Gasteiger partial charge in [-0.25, -0.2) is 0 Å². The van der Waals surface area contributed by atoms with Crippen LogP contribution in [0.4, 0.5) is 5.69 Å². The first kappa shape index (κ1) is 21.7. The highest BCUT2D eigenvalue weighted by Crippen LogP contribution is 2.38. The number of imide groups is 1. The zero-order valence-electron chi connectivity index (χ0n) is 17.2. The molecule has 2 fully saturated rings. The smallest absolute Gasteiger partial charge is 0.308 e. The van der Waals surface area contributed by atoms with Crippen LogP contribution in [0.1, 0.15) is 56.3 Å². The van der Waals surface area contributed by atoms with Crippen molar-refractivity contribution in [3.63, 3.8) is 0 Å². The predicted octanol–water partition coefficient (Wildman–Crippen LogP) is 2.32. The van der Waals surface area contributed by atoms with Gasteiger partial charge in [-0.1, -0.05) is 25.0 Å². The molecule has 1 aromatic carbocycles. The van der Waals surface area contributed by atoms with Crippen LogP contribution in [0.2, 0.25) is 0 Å². The number of para-hydroxylation sites is 1. The van der Waals surface area contributed by atoms with Crippen LogP contribution in [-0.2, 0) is 23.9 Å². The van der Waals surface area contributed by atoms with Gasteiger partial charge in [0.2, 0.25) is 11.8 Å². The second kappa shape index (κ2) is 9.19. The summed E-state index contributed by atoms with van der Waals surface area (Å²) in [6, 6.07) is 6.55. The minimum absolute atomic E-state index is 0.0367. The number of carbonyl (C=O) groups is 5. The molecular formula is C22H26N2O6. The van der Waals surface area contributed by atoms with Crippen molar-refractivity contribution in [2.75, 3.05) is 11.9 Å². The number of anilines is 1. The Hall–Kier alpha value is -3.03. The maximum absolute atomic E-state index is 12.4. The van der Waals surface area contributed by atoms with Gasteiger partial charge in [0, 0.05) is 12.1 Å². The number of Topliss-reactive ketones (excluding diaryl/α,β-unsaturated/α-hetero) is 1. The van der Waals surface area contributed by atoms with E-state index in [4.69, 9.17) is 4.74 Å². The Morgan fingerprint density at radius 3 is 2.30 bits per heavy atom. The maximum Gasteiger partial charge on any atom is 0.308 e. The first-order valence-corrected chi connectivity index (χ1v) is 10.2. The number of benzene rings is 1. The first-order chi connectivity index (χ1) is 14.3. The van der Waals surface area contributed by atoms with Crippen molar-refractivity contribution < 1.29 is 28.7 Å². The van der Waals surface area contributed by atoms with Crippen molar-refractivity contribution in [2.45, 2.75) is 52.1 Å². The Morgan fingerprint density at radius 1 is 1.10 bits per heavy atom. The molecule has 0 aromatic heterocycles. The number of carbonyl (C=O) groups excluding carboxylic acids is 5. The molecule has 1 N–H and O–H groups in total. The highest BCUT2D eigenvalue weighted by Gasteiger charge is 2.47. The molecule has 1 aliphatic heterocycles. The molecule has 8 nitrogen and oxygen atoms in total. The molecule has 1 heterocycles. The van der Waals surface area contributed by atoms with Crippen LogP contribution in [-0.4, -0.2) is 47.0 Å². The van der Waals surface area contributed by atoms with E-state index in [1.807, 2.05) is 0 Å². The van der Waals surface area contributed by atoms with Gasteiger partial charge in [-0.05, 0) is 38.8 Å². The van der Waals surface area contributed by atoms with E-state index in [0.29, 0.717) is 11.3 Å². The lowest BCUT2D eigenvalue weighted by Crippen LogP contribution is -2.35. The van der Waals surface area contributed by atoms with Gasteiger partial charge in [-0.15, -0.1) is 0 Å². The third kappa shape index (κ3) is 4.58. The second-order valence-corrected chi connectivity index (χ2v) is 7.80. The van der Waals surface area contributed by atoms with Gasteiger partial charge in [0.05, 0.1) is 23.9 Å². The zero-order chi connectivity index (χ0) is 21.8. The first-order valence-electron chi connectivity index (χ1n) is 10.2. The number of likely N-dealkylation sites (tertiary alicyclic amines) is 1. The maximum atomic E-state index is 12.4. The van der Waals surface area contributed by atoms with Crippen molar-refractivity contribution in [3.8, 4) is 0 Å². The number of esters is 1. The van der Waals surface area contributed by atoms with E-state index in [1.54, 1.807) is 24.3 Å². The van der Waals surface area contributed by atoms with Crippen LogP contribution in [0, 0.1) is 11.8 Å². The van der Waals surface area contributed by atoms with E-state index in [2.05, 4.69) is 5.32 Å². The largest absolute Gasteiger partial charge is 0.452 e. The van der Waals surface area contributed by atoms with Crippen molar-refractivity contribution in [1.29, 1.82) is 0 Å². The Bertz CT molecular complexity index is 856. The number of amides is 3. The number of hydrogen-bond acceptors (Lipinski definition) is 6. The van der Waals surface area contributed by atoms with Crippen LogP contribution < -0.4 is 5.32 Å². The number of rotatable bonds is 7. The SMILES string of the molecule is CC(=O)c1ccccc1NC(=O)[C@@H](C)OC(=O)CCN1C(=O)[C@H]2CCCC[C@H]2C1=O. The quantitative estimate of drug-likeness (QED) is 0.417. The molecular weight excluding hydrogens is 388 g/mol. The summed E-state index contributed by atoms with van der Waals surface area (Å²) in [5.74, 6) is -2.37. The minimum Gasteiger partial charge on any atom is -0.452 e. The molecule has 8 heteroatoms. The number of ether oxygens (including phenoxy) is 1. The summed E-state index contributed by atoms with van der Waals surface area (Å²) in [4.78, 5) is 62.2. The van der Waals surface area contributed by atoms with E-state index in [0.717, 1.165) is 30.6 Å². The fourth-order valence-electron chi connectivity index (χ4n) is 4.10. The van der Waals surface area contributed by atoms with E-state index in [9.17, 15) is 24.0 Å². The van der Waals surface area contributed by atoms with Gasteiger partial charge in [0.25, 0.3) is 5.91 Å². The lowest BCUT2D eigenvalue weighted by molar-refractivity contribution is -0.154. The molecule has 30 heavy (non-hydrogen) atoms. The van der Waals surface area contributed by atoms with E-state index >= 15 is 0 Å². The standard InChI is InChI=1S/C22H26N2O6/c1-13(25)15-7-5-6-10-18(15)23-20(27)14(2)30-19(26)11-12-24-21(28)16-8-3-4-9-17(16)22(24)29/h5-7,10,14,16-17H,3-4,8-9,11-12H2,1-2H3,(H,23,27)/t14-,16-,17+/m1/s1. The average molecular weight is 414 g/mol. The molecule has 0 spiro atoms. The third-order valence-electron chi connectivity index (χ3n) is 5.71. The summed E-state index contributed by atoms with van der Waals surface area (Å²) in [7, 11) is 0. The summed E-state index contributed by atoms with van der Waals surface area (Å²) in [5, 5.41) is 2.59. The minimum atomic E-state index is -1.09. The van der Waals surface area contributed by atoms with Gasteiger partial charge in [0.15, 0.2) is 11.9 Å². The summed E-state index contributed by atoms with van der Waals surface area (Å²) >= 11 is 0. The van der Waals surface area contributed by atoms with Gasteiger partial charge >= 0.3 is 5.97 Å². The van der Waals surface area contributed by atoms with Crippen LogP contribution >= 0.6 is 0 Å². The lowest BCUT2D eigenvalue weighted by atomic mass is 9.81. The number of nitrogens with one attached hydrogen (secondary N) is 1. The van der Waals surface area contributed by atoms with Gasteiger partial charge in [-0.2, -0.15) is 0 Å². The average Bonchev–Trinajstić information content (AvgIpc) is 2.97. The van der Waals surface area contributed by atoms with Gasteiger partial charge < -0.3 is 10.1 Å². The van der Waals surface area contributed by atoms with Crippen LogP contribution in [0.25, 0.3) is 0 Å². The van der Waals surface area contributed by atoms with E-state index in [-0.39, 0.29) is 42.4 Å². The molecule has 3 amide bonds. The molecule has 0 bridgehead atoms.